The van der Waals surface area contributed by atoms with Crippen LogP contribution in [0.3, 0.4) is 0 Å². The van der Waals surface area contributed by atoms with Crippen molar-refractivity contribution in [1.29, 1.82) is 5.26 Å². The summed E-state index contributed by atoms with van der Waals surface area (Å²) in [7, 11) is -1.18. The largest absolute Gasteiger partial charge is 0.495 e. The van der Waals surface area contributed by atoms with Crippen LogP contribution in [0.15, 0.2) is 57.6 Å². The van der Waals surface area contributed by atoms with E-state index in [1.807, 2.05) is 42.2 Å². The number of azo groups is 1. The van der Waals surface area contributed by atoms with E-state index >= 15 is 0 Å². The Bertz CT molecular complexity index is 2030. The molecule has 340 valence electrons. The molecule has 0 saturated carbocycles. The Balaban J connectivity index is 1.77. The summed E-state index contributed by atoms with van der Waals surface area (Å²) in [5.74, 6) is -0.189. The van der Waals surface area contributed by atoms with Crippen LogP contribution < -0.4 is 20.1 Å². The topological polar surface area (TPSA) is 244 Å². The second-order valence-corrected chi connectivity index (χ2v) is 16.0. The van der Waals surface area contributed by atoms with Crippen LogP contribution in [-0.2, 0) is 33.6 Å². The summed E-state index contributed by atoms with van der Waals surface area (Å²) in [6.45, 7) is 5.79. The number of hydrogen-bond donors (Lipinski definition) is 4. The summed E-state index contributed by atoms with van der Waals surface area (Å²) in [6.07, 6.45) is 4.61. The normalized spacial score (nSPS) is 11.4. The minimum Gasteiger partial charge on any atom is -0.495 e. The molecule has 0 saturated heterocycles. The van der Waals surface area contributed by atoms with Gasteiger partial charge in [0.05, 0.1) is 38.7 Å². The zero-order chi connectivity index (χ0) is 45.2. The van der Waals surface area contributed by atoms with Gasteiger partial charge in [-0.3, -0.25) is 14.5 Å². The highest BCUT2D eigenvalue weighted by atomic mass is 32.2. The van der Waals surface area contributed by atoms with Gasteiger partial charge in [0, 0.05) is 69.1 Å². The quantitative estimate of drug-likeness (QED) is 0.0321. The molecule has 0 aliphatic carbocycles. The highest BCUT2D eigenvalue weighted by Crippen LogP contribution is 2.41. The zero-order valence-electron chi connectivity index (χ0n) is 36.2. The number of carbonyl (C=O) groups excluding carboxylic acids is 2. The Labute approximate surface area is 364 Å². The van der Waals surface area contributed by atoms with E-state index in [9.17, 15) is 23.3 Å². The fourth-order valence-electron chi connectivity index (χ4n) is 6.00. The molecule has 1 heterocycles. The molecule has 0 bridgehead atoms. The van der Waals surface area contributed by atoms with Gasteiger partial charge in [0.25, 0.3) is 0 Å². The number of sulfone groups is 1. The average Bonchev–Trinajstić information content (AvgIpc) is 3.27. The third kappa shape index (κ3) is 17.2. The summed E-state index contributed by atoms with van der Waals surface area (Å²) >= 11 is 0. The van der Waals surface area contributed by atoms with Crippen LogP contribution in [0, 0.1) is 18.3 Å². The molecule has 0 spiro atoms. The van der Waals surface area contributed by atoms with Crippen molar-refractivity contribution in [2.45, 2.75) is 70.1 Å². The van der Waals surface area contributed by atoms with Gasteiger partial charge in [0.2, 0.25) is 0 Å². The van der Waals surface area contributed by atoms with Gasteiger partial charge < -0.3 is 44.5 Å². The molecule has 3 rings (SSSR count). The number of aliphatic hydroxyl groups excluding tert-OH is 2. The summed E-state index contributed by atoms with van der Waals surface area (Å²) in [5.41, 5.74) is 1.77. The van der Waals surface area contributed by atoms with E-state index in [2.05, 4.69) is 26.9 Å². The second-order valence-electron chi connectivity index (χ2n) is 13.9. The number of ether oxygens (including phenoxy) is 5. The number of benzene rings is 2. The molecule has 62 heavy (non-hydrogen) atoms. The van der Waals surface area contributed by atoms with Crippen molar-refractivity contribution >= 4 is 50.5 Å². The number of nitrogens with one attached hydrogen (secondary N) is 2. The fourth-order valence-corrected chi connectivity index (χ4v) is 7.45. The number of carbonyl (C=O) groups is 2. The van der Waals surface area contributed by atoms with Crippen molar-refractivity contribution < 1.29 is 51.9 Å². The molecular weight excluding hydrogens is 823 g/mol. The summed E-state index contributed by atoms with van der Waals surface area (Å²) in [5, 5.41) is 43.3. The Morgan fingerprint density at radius 1 is 0.839 bits per heavy atom. The van der Waals surface area contributed by atoms with Crippen molar-refractivity contribution in [1.82, 2.24) is 9.88 Å². The second kappa shape index (κ2) is 28.3. The molecular formula is C43H61N7O11S. The molecule has 0 aliphatic rings. The number of anilines is 3. The lowest BCUT2D eigenvalue weighted by atomic mass is 10.1. The number of aliphatic hydroxyl groups is 2. The van der Waals surface area contributed by atoms with Gasteiger partial charge in [-0.1, -0.05) is 38.0 Å². The summed E-state index contributed by atoms with van der Waals surface area (Å²) in [6, 6.07) is 14.2. The highest BCUT2D eigenvalue weighted by molar-refractivity contribution is 7.91. The predicted octanol–water partition coefficient (Wildman–Crippen LogP) is 6.15. The van der Waals surface area contributed by atoms with Gasteiger partial charge >= 0.3 is 11.9 Å². The Hall–Kier alpha value is -5.39. The van der Waals surface area contributed by atoms with Gasteiger partial charge in [0.15, 0.2) is 15.7 Å². The van der Waals surface area contributed by atoms with Crippen LogP contribution in [0.25, 0.3) is 0 Å². The third-order valence-corrected chi connectivity index (χ3v) is 11.2. The summed E-state index contributed by atoms with van der Waals surface area (Å²) < 4.78 is 54.7. The van der Waals surface area contributed by atoms with Gasteiger partial charge in [-0.05, 0) is 51.3 Å². The molecule has 0 amide bonds. The number of pyridine rings is 1. The molecule has 0 radical (unpaired) electrons. The molecule has 0 aliphatic heterocycles. The number of esters is 2. The first-order valence-corrected chi connectivity index (χ1v) is 22.4. The van der Waals surface area contributed by atoms with Crippen LogP contribution in [0.1, 0.15) is 69.4 Å². The highest BCUT2D eigenvalue weighted by Gasteiger charge is 2.25. The number of rotatable bonds is 31. The monoisotopic (exact) mass is 883 g/mol. The first kappa shape index (κ1) is 51.0. The number of nitriles is 1. The lowest BCUT2D eigenvalue weighted by Crippen LogP contribution is -2.32. The maximum Gasteiger partial charge on any atom is 0.305 e. The van der Waals surface area contributed by atoms with Crippen molar-refractivity contribution in [3.63, 3.8) is 0 Å². The van der Waals surface area contributed by atoms with E-state index in [0.717, 1.165) is 12.8 Å². The van der Waals surface area contributed by atoms with Crippen LogP contribution in [-0.4, -0.2) is 126 Å². The van der Waals surface area contributed by atoms with E-state index < -0.39 is 9.84 Å². The number of para-hydroxylation sites is 1. The lowest BCUT2D eigenvalue weighted by Gasteiger charge is -2.20. The van der Waals surface area contributed by atoms with Crippen LogP contribution in [0.5, 0.6) is 11.5 Å². The minimum absolute atomic E-state index is 0.0299. The van der Waals surface area contributed by atoms with E-state index in [1.54, 1.807) is 6.92 Å². The van der Waals surface area contributed by atoms with Gasteiger partial charge in [-0.2, -0.15) is 5.26 Å². The SMILES string of the molecule is CCN(CCOC(=O)CCCCCO)CCS(=O)(=O)c1cc(OC)c(/N=N/c2c(Nc3ccccc3)nc(NCCOCCOC(=O)CCCCCO)c(C#N)c2C)cc1OC. The Kier molecular flexibility index (Phi) is 23.2. The number of methoxy groups -OCH3 is 2. The first-order valence-electron chi connectivity index (χ1n) is 20.8. The number of hydrogen-bond acceptors (Lipinski definition) is 18. The Morgan fingerprint density at radius 2 is 1.50 bits per heavy atom. The number of likely N-dealkylation sites (N-methyl/N-ethyl adjacent to an activating group) is 1. The van der Waals surface area contributed by atoms with Crippen molar-refractivity contribution in [2.24, 2.45) is 10.2 Å². The standard InChI is InChI=1S/C43H61N7O11S/c1-5-50(20-25-60-39(53)17-11-7-13-22-51)21-28-62(55,56)38-30-36(57-3)35(29-37(38)58-4)48-49-41-32(2)34(31-44)42(47-43(41)46-33-15-9-6-10-16-33)45-19-24-59-26-27-61-40(54)18-12-8-14-23-52/h6,9-10,15-16,29-30,51-52H,5,7-8,11-14,17-28H2,1-4H3,(H2,45,46,47)/b49-48+. The smallest absolute Gasteiger partial charge is 0.305 e. The van der Waals surface area contributed by atoms with Gasteiger partial charge in [-0.15, -0.1) is 10.2 Å². The van der Waals surface area contributed by atoms with Gasteiger partial charge in [-0.25, -0.2) is 13.4 Å². The van der Waals surface area contributed by atoms with Gasteiger partial charge in [0.1, 0.15) is 52.9 Å². The molecule has 0 unspecified atom stereocenters. The van der Waals surface area contributed by atoms with Crippen LogP contribution in [0.2, 0.25) is 0 Å². The minimum atomic E-state index is -3.91. The predicted molar refractivity (Wildman–Crippen MR) is 234 cm³/mol. The van der Waals surface area contributed by atoms with Crippen molar-refractivity contribution in [3.05, 3.63) is 53.6 Å². The van der Waals surface area contributed by atoms with E-state index in [4.69, 9.17) is 38.9 Å². The maximum atomic E-state index is 13.7. The molecule has 0 atom stereocenters. The summed E-state index contributed by atoms with van der Waals surface area (Å²) in [4.78, 5) is 30.4. The lowest BCUT2D eigenvalue weighted by molar-refractivity contribution is -0.145. The zero-order valence-corrected chi connectivity index (χ0v) is 37.0. The molecule has 0 fully saturated rings. The molecule has 4 N–H and O–H groups in total. The first-order chi connectivity index (χ1) is 30.0. The number of unbranched alkanes of at least 4 members (excludes halogenated alkanes) is 4. The molecule has 18 nitrogen and oxygen atoms in total. The number of nitrogens with zero attached hydrogens (tertiary/aromatic N) is 5. The number of aromatic nitrogens is 1. The fraction of sp³-hybridized carbons (Fsp3) is 0.535. The molecule has 3 aromatic rings. The molecule has 19 heteroatoms. The van der Waals surface area contributed by atoms with E-state index in [0.29, 0.717) is 50.0 Å². The van der Waals surface area contributed by atoms with Crippen molar-refractivity contribution in [2.75, 3.05) is 96.4 Å². The van der Waals surface area contributed by atoms with Crippen molar-refractivity contribution in [3.8, 4) is 17.6 Å². The maximum absolute atomic E-state index is 13.7. The average molecular weight is 884 g/mol. The van der Waals surface area contributed by atoms with E-state index in [1.165, 1.54) is 26.4 Å². The molecule has 1 aromatic heterocycles. The third-order valence-electron chi connectivity index (χ3n) is 9.52. The Morgan fingerprint density at radius 3 is 2.11 bits per heavy atom. The molecule has 2 aromatic carbocycles. The van der Waals surface area contributed by atoms with E-state index in [-0.39, 0.29) is 128 Å². The van der Waals surface area contributed by atoms with Crippen LogP contribution >= 0.6 is 0 Å². The van der Waals surface area contributed by atoms with Crippen LogP contribution in [0.4, 0.5) is 28.7 Å².